The molecule has 0 aromatic carbocycles. The van der Waals surface area contributed by atoms with Gasteiger partial charge in [0.25, 0.3) is 0 Å². The van der Waals surface area contributed by atoms with E-state index < -0.39 is 26.9 Å². The van der Waals surface area contributed by atoms with E-state index in [-0.39, 0.29) is 0 Å². The van der Waals surface area contributed by atoms with Gasteiger partial charge in [-0.2, -0.15) is 0 Å². The Morgan fingerprint density at radius 3 is 2.71 bits per heavy atom. The van der Waals surface area contributed by atoms with Crippen LogP contribution in [0.15, 0.2) is 15.8 Å². The van der Waals surface area contributed by atoms with Gasteiger partial charge < -0.3 is 10.4 Å². The summed E-state index contributed by atoms with van der Waals surface area (Å²) in [6.45, 7) is 0. The largest absolute Gasteiger partial charge is 0.477 e. The lowest BCUT2D eigenvalue weighted by atomic mass is 10.4. The van der Waals surface area contributed by atoms with Gasteiger partial charge in [0.15, 0.2) is 5.16 Å². The number of aliphatic carboxylic acids is 1. The van der Waals surface area contributed by atoms with Gasteiger partial charge in [0.1, 0.15) is 6.21 Å². The van der Waals surface area contributed by atoms with Crippen LogP contribution in [0, 0.1) is 10.1 Å². The van der Waals surface area contributed by atoms with Crippen molar-refractivity contribution in [2.75, 3.05) is 0 Å². The molecule has 0 aromatic rings. The average Bonchev–Trinajstić information content (AvgIpc) is 2.02. The van der Waals surface area contributed by atoms with E-state index in [9.17, 15) is 14.9 Å². The van der Waals surface area contributed by atoms with Crippen LogP contribution in [0.2, 0.25) is 0 Å². The van der Waals surface area contributed by atoms with Crippen molar-refractivity contribution < 1.29 is 14.8 Å². The third-order valence-corrected chi connectivity index (χ3v) is 1.99. The van der Waals surface area contributed by atoms with Crippen LogP contribution in [0.25, 0.3) is 0 Å². The normalized spacial score (nSPS) is 25.9. The zero-order valence-corrected chi connectivity index (χ0v) is 7.91. The summed E-state index contributed by atoms with van der Waals surface area (Å²) >= 11 is 10.8. The number of nitrogens with zero attached hydrogens (tertiary/aromatic N) is 2. The van der Waals surface area contributed by atoms with Crippen molar-refractivity contribution in [3.05, 3.63) is 21.0 Å². The zero-order chi connectivity index (χ0) is 10.9. The molecular weight excluding hydrogens is 237 g/mol. The Bertz CT molecular complexity index is 366. The van der Waals surface area contributed by atoms with E-state index in [4.69, 9.17) is 28.3 Å². The first-order valence-electron chi connectivity index (χ1n) is 3.16. The fraction of sp³-hybridized carbons (Fsp3) is 0.200. The first kappa shape index (κ1) is 10.7. The monoisotopic (exact) mass is 239 g/mol. The first-order valence-corrected chi connectivity index (χ1v) is 3.92. The quantitative estimate of drug-likeness (QED) is 0.313. The molecule has 0 aromatic heterocycles. The number of carboxylic acids is 1. The molecule has 2 N–H and O–H groups in total. The highest BCUT2D eigenvalue weighted by Gasteiger charge is 2.41. The number of hydrogen-bond donors (Lipinski definition) is 2. The predicted molar refractivity (Wildman–Crippen MR) is 47.7 cm³/mol. The molecule has 14 heavy (non-hydrogen) atoms. The highest BCUT2D eigenvalue weighted by Crippen LogP contribution is 2.22. The van der Waals surface area contributed by atoms with E-state index in [2.05, 4.69) is 4.99 Å². The zero-order valence-electron chi connectivity index (χ0n) is 6.40. The van der Waals surface area contributed by atoms with Crippen LogP contribution in [0.3, 0.4) is 0 Å². The molecule has 9 heteroatoms. The topological polar surface area (TPSA) is 105 Å². The third-order valence-electron chi connectivity index (χ3n) is 1.35. The van der Waals surface area contributed by atoms with Crippen molar-refractivity contribution in [3.63, 3.8) is 0 Å². The van der Waals surface area contributed by atoms with Gasteiger partial charge in [0.05, 0.1) is 4.92 Å². The molecular formula is C5H3Cl2N3O4. The minimum atomic E-state index is -2.17. The summed E-state index contributed by atoms with van der Waals surface area (Å²) in [4.78, 5) is 23.3. The van der Waals surface area contributed by atoms with Gasteiger partial charge in [0, 0.05) is 0 Å². The minimum Gasteiger partial charge on any atom is -0.477 e. The van der Waals surface area contributed by atoms with E-state index in [0.717, 1.165) is 0 Å². The van der Waals surface area contributed by atoms with Crippen LogP contribution < -0.4 is 5.32 Å². The lowest BCUT2D eigenvalue weighted by molar-refractivity contribution is -0.415. The summed E-state index contributed by atoms with van der Waals surface area (Å²) in [6.07, 6.45) is 0.694. The molecule has 1 aliphatic heterocycles. The summed E-state index contributed by atoms with van der Waals surface area (Å²) in [5, 5.41) is 18.2. The lowest BCUT2D eigenvalue weighted by Gasteiger charge is -2.21. The second-order valence-corrected chi connectivity index (χ2v) is 3.19. The number of allylic oxidation sites excluding steroid dienone is 1. The van der Waals surface area contributed by atoms with E-state index >= 15 is 0 Å². The van der Waals surface area contributed by atoms with Crippen LogP contribution in [-0.4, -0.2) is 27.3 Å². The second-order valence-electron chi connectivity index (χ2n) is 2.27. The Kier molecular flexibility index (Phi) is 2.63. The molecule has 0 spiro atoms. The molecule has 1 rings (SSSR count). The van der Waals surface area contributed by atoms with Crippen LogP contribution in [-0.2, 0) is 4.79 Å². The highest BCUT2D eigenvalue weighted by atomic mass is 35.5. The van der Waals surface area contributed by atoms with Crippen LogP contribution in [0.4, 0.5) is 0 Å². The first-order chi connectivity index (χ1) is 6.37. The predicted octanol–water partition coefficient (Wildman–Crippen LogP) is 0.322. The number of hydrogen-bond acceptors (Lipinski definition) is 5. The fourth-order valence-electron chi connectivity index (χ4n) is 0.684. The maximum Gasteiger partial charge on any atom is 0.369 e. The van der Waals surface area contributed by atoms with Gasteiger partial charge in [-0.25, -0.2) is 9.79 Å². The van der Waals surface area contributed by atoms with Crippen molar-refractivity contribution >= 4 is 35.4 Å². The number of nitrogens with one attached hydrogen (secondary N) is 1. The number of carboxylic acid groups (broad SMARTS) is 1. The van der Waals surface area contributed by atoms with Crippen molar-refractivity contribution in [1.82, 2.24) is 5.32 Å². The van der Waals surface area contributed by atoms with Crippen molar-refractivity contribution in [2.24, 2.45) is 4.99 Å². The average molecular weight is 240 g/mol. The maximum absolute atomic E-state index is 10.5. The Labute approximate surface area is 87.2 Å². The maximum atomic E-state index is 10.5. The number of rotatable bonds is 2. The number of carbonyl (C=O) groups is 1. The Hall–Kier alpha value is -1.34. The van der Waals surface area contributed by atoms with Gasteiger partial charge in [-0.3, -0.25) is 10.1 Å². The molecule has 0 aliphatic carbocycles. The van der Waals surface area contributed by atoms with Gasteiger partial charge in [-0.05, 0) is 0 Å². The SMILES string of the molecule is O=C(O)C1(Cl)N=CC([N+](=O)[O-])=C(Cl)N1. The van der Waals surface area contributed by atoms with E-state index in [1.54, 1.807) is 0 Å². The molecule has 0 amide bonds. The molecule has 0 saturated heterocycles. The lowest BCUT2D eigenvalue weighted by Crippen LogP contribution is -2.46. The summed E-state index contributed by atoms with van der Waals surface area (Å²) in [5.41, 5.74) is -0.538. The fourth-order valence-corrected chi connectivity index (χ4v) is 1.13. The van der Waals surface area contributed by atoms with Crippen LogP contribution in [0.1, 0.15) is 0 Å². The smallest absolute Gasteiger partial charge is 0.369 e. The van der Waals surface area contributed by atoms with E-state index in [0.29, 0.717) is 6.21 Å². The number of alkyl halides is 1. The molecule has 76 valence electrons. The molecule has 7 nitrogen and oxygen atoms in total. The molecule has 0 bridgehead atoms. The highest BCUT2D eigenvalue weighted by molar-refractivity contribution is 6.37. The summed E-state index contributed by atoms with van der Waals surface area (Å²) in [7, 11) is 0. The molecule has 1 aliphatic rings. The Balaban J connectivity index is 3.02. The van der Waals surface area contributed by atoms with Crippen LogP contribution >= 0.6 is 23.2 Å². The van der Waals surface area contributed by atoms with Gasteiger partial charge in [-0.1, -0.05) is 23.2 Å². The van der Waals surface area contributed by atoms with Crippen molar-refractivity contribution in [3.8, 4) is 0 Å². The Morgan fingerprint density at radius 1 is 1.79 bits per heavy atom. The molecule has 0 fully saturated rings. The number of nitro groups is 1. The van der Waals surface area contributed by atoms with Crippen molar-refractivity contribution in [1.29, 1.82) is 0 Å². The summed E-state index contributed by atoms with van der Waals surface area (Å²) < 4.78 is 0. The molecule has 1 unspecified atom stereocenters. The molecule has 0 saturated carbocycles. The van der Waals surface area contributed by atoms with Gasteiger partial charge in [0.2, 0.25) is 0 Å². The number of halogens is 2. The van der Waals surface area contributed by atoms with E-state index in [1.807, 2.05) is 5.32 Å². The molecule has 1 atom stereocenters. The third kappa shape index (κ3) is 1.78. The van der Waals surface area contributed by atoms with Crippen LogP contribution in [0.5, 0.6) is 0 Å². The van der Waals surface area contributed by atoms with E-state index in [1.165, 1.54) is 0 Å². The molecule has 1 heterocycles. The van der Waals surface area contributed by atoms with Crippen molar-refractivity contribution in [2.45, 2.75) is 5.12 Å². The molecule has 0 radical (unpaired) electrons. The standard InChI is InChI=1S/C5H3Cl2N3O4/c6-3-2(10(13)14)1-8-5(7,9-3)4(11)12/h1,9H,(H,11,12). The van der Waals surface area contributed by atoms with Gasteiger partial charge >= 0.3 is 16.8 Å². The minimum absolute atomic E-state index is 0.470. The Morgan fingerprint density at radius 2 is 2.36 bits per heavy atom. The summed E-state index contributed by atoms with van der Waals surface area (Å²) in [5.74, 6) is -1.50. The summed E-state index contributed by atoms with van der Waals surface area (Å²) in [6, 6.07) is 0. The number of aliphatic imine (C=N–C) groups is 1. The van der Waals surface area contributed by atoms with Gasteiger partial charge in [-0.15, -0.1) is 0 Å². The second kappa shape index (κ2) is 3.43.